The van der Waals surface area contributed by atoms with Gasteiger partial charge in [0.25, 0.3) is 0 Å². The quantitative estimate of drug-likeness (QED) is 0.857. The molecule has 1 fully saturated rings. The Hall–Kier alpha value is -0.930. The Morgan fingerprint density at radius 2 is 1.95 bits per heavy atom. The molecule has 1 aliphatic heterocycles. The van der Waals surface area contributed by atoms with Crippen molar-refractivity contribution in [1.82, 2.24) is 10.2 Å². The van der Waals surface area contributed by atoms with Gasteiger partial charge in [0.1, 0.15) is 5.82 Å². The second kappa shape index (κ2) is 7.19. The van der Waals surface area contributed by atoms with Crippen molar-refractivity contribution in [3.8, 4) is 0 Å². The summed E-state index contributed by atoms with van der Waals surface area (Å²) in [4.78, 5) is 2.51. The zero-order valence-corrected chi connectivity index (χ0v) is 12.9. The topological polar surface area (TPSA) is 15.3 Å². The number of halogens is 1. The van der Waals surface area contributed by atoms with E-state index in [1.54, 1.807) is 12.1 Å². The molecule has 2 nitrogen and oxygen atoms in total. The van der Waals surface area contributed by atoms with Crippen LogP contribution in [-0.2, 0) is 0 Å². The van der Waals surface area contributed by atoms with Crippen LogP contribution in [0.15, 0.2) is 24.3 Å². The van der Waals surface area contributed by atoms with E-state index in [0.29, 0.717) is 12.0 Å². The van der Waals surface area contributed by atoms with Crippen LogP contribution in [0.2, 0.25) is 0 Å². The maximum atomic E-state index is 13.0. The van der Waals surface area contributed by atoms with Crippen LogP contribution in [0.5, 0.6) is 0 Å². The molecule has 1 saturated heterocycles. The fraction of sp³-hybridized carbons (Fsp3) is 0.647. The van der Waals surface area contributed by atoms with E-state index in [4.69, 9.17) is 0 Å². The van der Waals surface area contributed by atoms with Crippen molar-refractivity contribution in [3.05, 3.63) is 35.6 Å². The number of hydrogen-bond donors (Lipinski definition) is 1. The molecule has 2 rings (SSSR count). The molecule has 20 heavy (non-hydrogen) atoms. The highest BCUT2D eigenvalue weighted by molar-refractivity contribution is 5.19. The molecule has 0 radical (unpaired) electrons. The first kappa shape index (κ1) is 15.5. The summed E-state index contributed by atoms with van der Waals surface area (Å²) >= 11 is 0. The predicted molar refractivity (Wildman–Crippen MR) is 82.2 cm³/mol. The summed E-state index contributed by atoms with van der Waals surface area (Å²) in [6.07, 6.45) is 1.26. The summed E-state index contributed by atoms with van der Waals surface area (Å²) in [6.45, 7) is 11.2. The molecule has 112 valence electrons. The van der Waals surface area contributed by atoms with Gasteiger partial charge in [-0.2, -0.15) is 0 Å². The van der Waals surface area contributed by atoms with Crippen molar-refractivity contribution < 1.29 is 4.39 Å². The number of nitrogens with zero attached hydrogens (tertiary/aromatic N) is 1. The number of rotatable bonds is 6. The van der Waals surface area contributed by atoms with Crippen molar-refractivity contribution in [2.24, 2.45) is 11.8 Å². The van der Waals surface area contributed by atoms with Crippen molar-refractivity contribution in [1.29, 1.82) is 0 Å². The minimum absolute atomic E-state index is 0.155. The first-order valence-electron chi connectivity index (χ1n) is 7.76. The largest absolute Gasteiger partial charge is 0.316 e. The van der Waals surface area contributed by atoms with Crippen molar-refractivity contribution in [2.75, 3.05) is 26.2 Å². The van der Waals surface area contributed by atoms with Crippen LogP contribution in [0.4, 0.5) is 4.39 Å². The van der Waals surface area contributed by atoms with Crippen molar-refractivity contribution in [3.63, 3.8) is 0 Å². The second-order valence-corrected chi connectivity index (χ2v) is 6.43. The van der Waals surface area contributed by atoms with Gasteiger partial charge in [-0.15, -0.1) is 0 Å². The van der Waals surface area contributed by atoms with Gasteiger partial charge in [-0.1, -0.05) is 26.0 Å². The average Bonchev–Trinajstić information content (AvgIpc) is 2.87. The van der Waals surface area contributed by atoms with Gasteiger partial charge in [0.05, 0.1) is 0 Å². The Morgan fingerprint density at radius 1 is 1.25 bits per heavy atom. The Balaban J connectivity index is 1.81. The molecule has 0 spiro atoms. The van der Waals surface area contributed by atoms with E-state index in [1.807, 2.05) is 12.1 Å². The molecule has 0 aromatic heterocycles. The maximum Gasteiger partial charge on any atom is 0.123 e. The zero-order chi connectivity index (χ0) is 14.5. The van der Waals surface area contributed by atoms with Crippen LogP contribution in [-0.4, -0.2) is 31.1 Å². The molecule has 2 unspecified atom stereocenters. The standard InChI is InChI=1S/C17H27FN2/c1-13(2)10-19-11-15-8-9-20(12-15)14(3)16-4-6-17(18)7-5-16/h4-7,13-15,19H,8-12H2,1-3H3. The van der Waals surface area contributed by atoms with Crippen LogP contribution in [0.1, 0.15) is 38.8 Å². The molecule has 3 heteroatoms. The Kier molecular flexibility index (Phi) is 5.55. The molecular weight excluding hydrogens is 251 g/mol. The van der Waals surface area contributed by atoms with E-state index in [2.05, 4.69) is 31.0 Å². The Morgan fingerprint density at radius 3 is 2.60 bits per heavy atom. The van der Waals surface area contributed by atoms with Gasteiger partial charge in [0, 0.05) is 12.6 Å². The van der Waals surface area contributed by atoms with E-state index in [9.17, 15) is 4.39 Å². The van der Waals surface area contributed by atoms with E-state index < -0.39 is 0 Å². The third kappa shape index (κ3) is 4.29. The zero-order valence-electron chi connectivity index (χ0n) is 12.9. The fourth-order valence-electron chi connectivity index (χ4n) is 2.91. The van der Waals surface area contributed by atoms with Gasteiger partial charge in [-0.3, -0.25) is 4.90 Å². The summed E-state index contributed by atoms with van der Waals surface area (Å²) in [5.74, 6) is 1.31. The highest BCUT2D eigenvalue weighted by Crippen LogP contribution is 2.27. The van der Waals surface area contributed by atoms with E-state index in [-0.39, 0.29) is 5.82 Å². The molecular formula is C17H27FN2. The van der Waals surface area contributed by atoms with Gasteiger partial charge in [0.15, 0.2) is 0 Å². The van der Waals surface area contributed by atoms with E-state index >= 15 is 0 Å². The molecule has 1 N–H and O–H groups in total. The third-order valence-electron chi connectivity index (χ3n) is 4.20. The highest BCUT2D eigenvalue weighted by Gasteiger charge is 2.26. The molecule has 0 saturated carbocycles. The Bertz CT molecular complexity index is 402. The summed E-state index contributed by atoms with van der Waals surface area (Å²) in [6, 6.07) is 7.31. The van der Waals surface area contributed by atoms with Crippen LogP contribution in [0.3, 0.4) is 0 Å². The van der Waals surface area contributed by atoms with Gasteiger partial charge in [-0.05, 0) is 62.5 Å². The van der Waals surface area contributed by atoms with Crippen LogP contribution >= 0.6 is 0 Å². The number of nitrogens with one attached hydrogen (secondary N) is 1. The molecule has 2 atom stereocenters. The van der Waals surface area contributed by atoms with Crippen molar-refractivity contribution in [2.45, 2.75) is 33.2 Å². The van der Waals surface area contributed by atoms with Gasteiger partial charge in [-0.25, -0.2) is 4.39 Å². The highest BCUT2D eigenvalue weighted by atomic mass is 19.1. The second-order valence-electron chi connectivity index (χ2n) is 6.43. The number of hydrogen-bond acceptors (Lipinski definition) is 2. The van der Waals surface area contributed by atoms with E-state index in [1.165, 1.54) is 12.0 Å². The Labute approximate surface area is 122 Å². The minimum Gasteiger partial charge on any atom is -0.316 e. The smallest absolute Gasteiger partial charge is 0.123 e. The molecule has 1 aromatic rings. The van der Waals surface area contributed by atoms with Crippen LogP contribution in [0.25, 0.3) is 0 Å². The third-order valence-corrected chi connectivity index (χ3v) is 4.20. The lowest BCUT2D eigenvalue weighted by Crippen LogP contribution is -2.29. The van der Waals surface area contributed by atoms with Crippen LogP contribution in [0, 0.1) is 17.7 Å². The summed E-state index contributed by atoms with van der Waals surface area (Å²) in [5, 5.41) is 3.56. The van der Waals surface area contributed by atoms with Gasteiger partial charge < -0.3 is 5.32 Å². The maximum absolute atomic E-state index is 13.0. The lowest BCUT2D eigenvalue weighted by atomic mass is 10.1. The number of likely N-dealkylation sites (tertiary alicyclic amines) is 1. The molecule has 1 heterocycles. The van der Waals surface area contributed by atoms with E-state index in [0.717, 1.165) is 32.1 Å². The SMILES string of the molecule is CC(C)CNCC1CCN(C(C)c2ccc(F)cc2)C1. The number of benzene rings is 1. The molecule has 1 aromatic carbocycles. The average molecular weight is 278 g/mol. The summed E-state index contributed by atoms with van der Waals surface area (Å²) < 4.78 is 13.0. The first-order valence-corrected chi connectivity index (χ1v) is 7.76. The lowest BCUT2D eigenvalue weighted by Gasteiger charge is -2.25. The monoisotopic (exact) mass is 278 g/mol. The minimum atomic E-state index is -0.155. The van der Waals surface area contributed by atoms with Crippen LogP contribution < -0.4 is 5.32 Å². The lowest BCUT2D eigenvalue weighted by molar-refractivity contribution is 0.251. The molecule has 1 aliphatic rings. The molecule has 0 amide bonds. The van der Waals surface area contributed by atoms with Gasteiger partial charge in [0.2, 0.25) is 0 Å². The normalized spacial score (nSPS) is 21.6. The first-order chi connectivity index (χ1) is 9.56. The van der Waals surface area contributed by atoms with Gasteiger partial charge >= 0.3 is 0 Å². The molecule has 0 bridgehead atoms. The summed E-state index contributed by atoms with van der Waals surface area (Å²) in [5.41, 5.74) is 1.21. The molecule has 0 aliphatic carbocycles. The summed E-state index contributed by atoms with van der Waals surface area (Å²) in [7, 11) is 0. The fourth-order valence-corrected chi connectivity index (χ4v) is 2.91. The predicted octanol–water partition coefficient (Wildman–Crippen LogP) is 3.45. The van der Waals surface area contributed by atoms with Crippen molar-refractivity contribution >= 4 is 0 Å².